The van der Waals surface area contributed by atoms with Gasteiger partial charge in [-0.05, 0) is 74.3 Å². The molecule has 48 heavy (non-hydrogen) atoms. The summed E-state index contributed by atoms with van der Waals surface area (Å²) in [6, 6.07) is 14.5. The van der Waals surface area contributed by atoms with Crippen molar-refractivity contribution in [3.63, 3.8) is 0 Å². The minimum atomic E-state index is -1.32. The molecule has 1 aliphatic carbocycles. The molecule has 1 saturated heterocycles. The predicted molar refractivity (Wildman–Crippen MR) is 179 cm³/mol. The number of carbonyl (C=O) groups excluding carboxylic acids is 2. The number of pyridine rings is 1. The zero-order valence-corrected chi connectivity index (χ0v) is 27.2. The quantitative estimate of drug-likeness (QED) is 0.142. The third-order valence-corrected chi connectivity index (χ3v) is 9.09. The van der Waals surface area contributed by atoms with Gasteiger partial charge in [0, 0.05) is 67.8 Å². The van der Waals surface area contributed by atoms with Gasteiger partial charge in [-0.15, -0.1) is 0 Å². The summed E-state index contributed by atoms with van der Waals surface area (Å²) in [4.78, 5) is 35.6. The highest BCUT2D eigenvalue weighted by Gasteiger charge is 2.63. The van der Waals surface area contributed by atoms with Crippen LogP contribution in [0, 0.1) is 23.0 Å². The number of aromatic nitrogens is 1. The second kappa shape index (κ2) is 14.1. The Morgan fingerprint density at radius 3 is 2.25 bits per heavy atom. The Labute approximate surface area is 278 Å². The summed E-state index contributed by atoms with van der Waals surface area (Å²) in [6.45, 7) is 7.53. The smallest absolute Gasteiger partial charge is 0.240 e. The number of anilines is 2. The number of methoxy groups -OCH3 is 1. The first-order chi connectivity index (χ1) is 23.2. The monoisotopic (exact) mass is 659 g/mol. The first-order valence-electron chi connectivity index (χ1n) is 16.0. The largest absolute Gasteiger partial charge is 0.493 e. The third kappa shape index (κ3) is 7.19. The van der Waals surface area contributed by atoms with Crippen molar-refractivity contribution in [3.8, 4) is 23.0 Å². The summed E-state index contributed by atoms with van der Waals surface area (Å²) in [7, 11) is 3.70. The molecule has 0 spiro atoms. The number of fused-ring (bicyclic) bond motifs is 1. The first-order valence-corrected chi connectivity index (χ1v) is 16.0. The van der Waals surface area contributed by atoms with Gasteiger partial charge in [0.05, 0.1) is 19.2 Å². The number of piperazine rings is 1. The molecule has 2 N–H and O–H groups in total. The van der Waals surface area contributed by atoms with Crippen molar-refractivity contribution >= 4 is 34.1 Å². The van der Waals surface area contributed by atoms with E-state index in [9.17, 15) is 14.0 Å². The van der Waals surface area contributed by atoms with Crippen molar-refractivity contribution in [3.05, 3.63) is 78.5 Å². The molecule has 2 amide bonds. The minimum absolute atomic E-state index is 0.0627. The van der Waals surface area contributed by atoms with Crippen LogP contribution < -0.4 is 24.8 Å². The van der Waals surface area contributed by atoms with Crippen molar-refractivity contribution in [2.75, 3.05) is 64.1 Å². The lowest BCUT2D eigenvalue weighted by molar-refractivity contribution is -0.131. The van der Waals surface area contributed by atoms with E-state index in [0.717, 1.165) is 45.2 Å². The van der Waals surface area contributed by atoms with E-state index in [1.807, 2.05) is 0 Å². The molecule has 2 heterocycles. The van der Waals surface area contributed by atoms with Crippen LogP contribution in [-0.2, 0) is 9.59 Å². The van der Waals surface area contributed by atoms with E-state index in [2.05, 4.69) is 32.5 Å². The first kappa shape index (κ1) is 33.1. The molecule has 6 rings (SSSR count). The van der Waals surface area contributed by atoms with Gasteiger partial charge in [0.2, 0.25) is 11.8 Å². The lowest BCUT2D eigenvalue weighted by atomic mass is 10.0. The van der Waals surface area contributed by atoms with Gasteiger partial charge in [0.1, 0.15) is 17.0 Å². The van der Waals surface area contributed by atoms with Crippen LogP contribution in [0.3, 0.4) is 0 Å². The van der Waals surface area contributed by atoms with Crippen LogP contribution in [0.25, 0.3) is 10.9 Å². The fourth-order valence-corrected chi connectivity index (χ4v) is 5.99. The minimum Gasteiger partial charge on any atom is -0.493 e. The van der Waals surface area contributed by atoms with Crippen LogP contribution in [0.4, 0.5) is 20.2 Å². The van der Waals surface area contributed by atoms with Crippen LogP contribution in [0.5, 0.6) is 23.0 Å². The normalized spacial score (nSPS) is 19.5. The van der Waals surface area contributed by atoms with Crippen molar-refractivity contribution < 1.29 is 32.6 Å². The molecule has 0 bridgehead atoms. The van der Waals surface area contributed by atoms with E-state index in [0.29, 0.717) is 46.9 Å². The van der Waals surface area contributed by atoms with Crippen LogP contribution in [-0.4, -0.2) is 80.1 Å². The van der Waals surface area contributed by atoms with Gasteiger partial charge in [-0.25, -0.2) is 8.78 Å². The molecule has 2 unspecified atom stereocenters. The van der Waals surface area contributed by atoms with Crippen molar-refractivity contribution in [1.29, 1.82) is 0 Å². The van der Waals surface area contributed by atoms with Gasteiger partial charge < -0.3 is 34.6 Å². The standard InChI is InChI=1S/C36H39F2N5O5/c1-23-22-36(23,34(44)40-25-7-5-24(37)6-8-25)35(45)41-26-9-10-31(28(38)19-26)48-30-11-12-39-29-21-33(32(46-3)20-27(29)30)47-18-4-13-43-16-14-42(2)15-17-43/h5-12,19-21,23H,4,13-18,22H2,1-3H3,(H,40,44)(H,41,45). The Kier molecular flexibility index (Phi) is 9.74. The summed E-state index contributed by atoms with van der Waals surface area (Å²) in [5.74, 6) is -1.06. The molecule has 252 valence electrons. The van der Waals surface area contributed by atoms with Crippen LogP contribution in [0.1, 0.15) is 19.8 Å². The Balaban J connectivity index is 1.10. The maximum Gasteiger partial charge on any atom is 0.240 e. The molecule has 4 aromatic rings. The highest BCUT2D eigenvalue weighted by atomic mass is 19.1. The molecular formula is C36H39F2N5O5. The van der Waals surface area contributed by atoms with Crippen LogP contribution >= 0.6 is 0 Å². The Morgan fingerprint density at radius 2 is 1.58 bits per heavy atom. The third-order valence-electron chi connectivity index (χ3n) is 9.09. The van der Waals surface area contributed by atoms with Gasteiger partial charge >= 0.3 is 0 Å². The predicted octanol–water partition coefficient (Wildman–Crippen LogP) is 5.93. The van der Waals surface area contributed by atoms with Crippen molar-refractivity contribution in [2.45, 2.75) is 19.8 Å². The lowest BCUT2D eigenvalue weighted by Gasteiger charge is -2.32. The molecule has 2 fully saturated rings. The van der Waals surface area contributed by atoms with Crippen LogP contribution in [0.2, 0.25) is 0 Å². The Morgan fingerprint density at radius 1 is 0.896 bits per heavy atom. The zero-order valence-electron chi connectivity index (χ0n) is 27.2. The Bertz CT molecular complexity index is 1800. The molecular weight excluding hydrogens is 620 g/mol. The maximum atomic E-state index is 15.3. The summed E-state index contributed by atoms with van der Waals surface area (Å²) in [6.07, 6.45) is 2.78. The van der Waals surface area contributed by atoms with Gasteiger partial charge in [0.15, 0.2) is 23.1 Å². The fourth-order valence-electron chi connectivity index (χ4n) is 5.99. The van der Waals surface area contributed by atoms with E-state index >= 15 is 4.39 Å². The SMILES string of the molecule is COc1cc2c(Oc3ccc(NC(=O)C4(C(=O)Nc5ccc(F)cc5)CC4C)cc3F)ccnc2cc1OCCCN1CCN(C)CC1. The maximum absolute atomic E-state index is 15.3. The van der Waals surface area contributed by atoms with Gasteiger partial charge in [-0.3, -0.25) is 14.6 Å². The van der Waals surface area contributed by atoms with Crippen molar-refractivity contribution in [1.82, 2.24) is 14.8 Å². The number of nitrogens with zero attached hydrogens (tertiary/aromatic N) is 3. The molecule has 1 aromatic heterocycles. The summed E-state index contributed by atoms with van der Waals surface area (Å²) >= 11 is 0. The molecule has 10 nitrogen and oxygen atoms in total. The van der Waals surface area contributed by atoms with E-state index in [1.54, 1.807) is 38.4 Å². The van der Waals surface area contributed by atoms with Gasteiger partial charge in [0.25, 0.3) is 0 Å². The van der Waals surface area contributed by atoms with E-state index in [4.69, 9.17) is 14.2 Å². The second-order valence-electron chi connectivity index (χ2n) is 12.4. The molecule has 2 aliphatic rings. The number of amides is 2. The highest BCUT2D eigenvalue weighted by Crippen LogP contribution is 2.53. The lowest BCUT2D eigenvalue weighted by Crippen LogP contribution is -2.44. The number of halogens is 2. The van der Waals surface area contributed by atoms with E-state index in [1.165, 1.54) is 36.4 Å². The molecule has 12 heteroatoms. The van der Waals surface area contributed by atoms with Crippen LogP contribution in [0.15, 0.2) is 66.9 Å². The number of nitrogens with one attached hydrogen (secondary N) is 2. The van der Waals surface area contributed by atoms with Gasteiger partial charge in [-0.2, -0.15) is 0 Å². The topological polar surface area (TPSA) is 105 Å². The molecule has 1 saturated carbocycles. The van der Waals surface area contributed by atoms with E-state index < -0.39 is 28.9 Å². The average molecular weight is 660 g/mol. The zero-order chi connectivity index (χ0) is 33.8. The number of likely N-dealkylation sites (N-methyl/N-ethyl adjacent to an activating group) is 1. The number of hydrogen-bond acceptors (Lipinski definition) is 8. The highest BCUT2D eigenvalue weighted by molar-refractivity contribution is 6.17. The van der Waals surface area contributed by atoms with E-state index in [-0.39, 0.29) is 17.4 Å². The summed E-state index contributed by atoms with van der Waals surface area (Å²) in [5.41, 5.74) is -0.174. The van der Waals surface area contributed by atoms with Crippen molar-refractivity contribution in [2.24, 2.45) is 11.3 Å². The number of ether oxygens (including phenoxy) is 3. The number of hydrogen-bond donors (Lipinski definition) is 2. The molecule has 2 atom stereocenters. The number of carbonyl (C=O) groups is 2. The van der Waals surface area contributed by atoms with Gasteiger partial charge in [-0.1, -0.05) is 6.92 Å². The fraction of sp³-hybridized carbons (Fsp3) is 0.361. The number of benzene rings is 3. The molecule has 1 aliphatic heterocycles. The second-order valence-corrected chi connectivity index (χ2v) is 12.4. The molecule has 0 radical (unpaired) electrons. The Hall–Kier alpha value is -4.81. The number of rotatable bonds is 12. The molecule has 3 aromatic carbocycles. The summed E-state index contributed by atoms with van der Waals surface area (Å²) < 4.78 is 46.3. The average Bonchev–Trinajstić information content (AvgIpc) is 3.78. The summed E-state index contributed by atoms with van der Waals surface area (Å²) in [5, 5.41) is 5.96.